The van der Waals surface area contributed by atoms with E-state index in [-0.39, 0.29) is 18.1 Å². The maximum Gasteiger partial charge on any atom is 0.328 e. The number of fused-ring (bicyclic) bond motifs is 1. The summed E-state index contributed by atoms with van der Waals surface area (Å²) in [6, 6.07) is 6.08. The Morgan fingerprint density at radius 3 is 2.44 bits per heavy atom. The van der Waals surface area contributed by atoms with Crippen LogP contribution < -0.4 is 11.0 Å². The van der Waals surface area contributed by atoms with Crippen LogP contribution in [0.3, 0.4) is 0 Å². The first-order valence-corrected chi connectivity index (χ1v) is 4.94. The van der Waals surface area contributed by atoms with Gasteiger partial charge in [0.1, 0.15) is 0 Å². The number of hydrogen-bond acceptors (Lipinski definition) is 2. The summed E-state index contributed by atoms with van der Waals surface area (Å²) in [4.78, 5) is 11.7. The average molecular weight is 242 g/mol. The van der Waals surface area contributed by atoms with Gasteiger partial charge in [-0.2, -0.15) is 0 Å². The van der Waals surface area contributed by atoms with Gasteiger partial charge in [0.15, 0.2) is 0 Å². The first-order valence-electron chi connectivity index (χ1n) is 4.94. The number of nitrogens with zero attached hydrogens (tertiary/aromatic N) is 2. The normalized spacial score (nSPS) is 10.4. The largest absolute Gasteiger partial charge is 0.328 e. The van der Waals surface area contributed by atoms with Gasteiger partial charge in [-0.1, -0.05) is 6.07 Å². The first kappa shape index (κ1) is 12.8. The lowest BCUT2D eigenvalue weighted by molar-refractivity contribution is 0.794. The Morgan fingerprint density at radius 1 is 1.19 bits per heavy atom. The number of nitrogens with one attached hydrogen (secondary N) is 1. The quantitative estimate of drug-likeness (QED) is 0.853. The molecule has 16 heavy (non-hydrogen) atoms. The molecule has 0 amide bonds. The monoisotopic (exact) mass is 241 g/mol. The minimum Gasteiger partial charge on any atom is -0.316 e. The average Bonchev–Trinajstić information content (AvgIpc) is 2.45. The standard InChI is InChI=1S/C11H15N3O.ClH/c1-12-7-8-4-5-9-10(6-8)14(3)11(15)13(9)2;/h4-6,12H,7H2,1-3H3;1H. The van der Waals surface area contributed by atoms with Gasteiger partial charge in [-0.3, -0.25) is 9.13 Å². The molecule has 1 N–H and O–H groups in total. The van der Waals surface area contributed by atoms with Gasteiger partial charge in [0.05, 0.1) is 11.0 Å². The summed E-state index contributed by atoms with van der Waals surface area (Å²) in [6.07, 6.45) is 0. The summed E-state index contributed by atoms with van der Waals surface area (Å²) >= 11 is 0. The van der Waals surface area contributed by atoms with Crippen LogP contribution in [0.2, 0.25) is 0 Å². The maximum atomic E-state index is 11.7. The lowest BCUT2D eigenvalue weighted by Crippen LogP contribution is -2.19. The molecule has 2 aromatic rings. The molecule has 0 atom stereocenters. The third kappa shape index (κ3) is 1.86. The van der Waals surface area contributed by atoms with Crippen LogP contribution in [-0.2, 0) is 20.6 Å². The molecule has 0 radical (unpaired) electrons. The van der Waals surface area contributed by atoms with Crippen molar-refractivity contribution in [2.75, 3.05) is 7.05 Å². The molecule has 2 rings (SSSR count). The van der Waals surface area contributed by atoms with Crippen LogP contribution in [0.5, 0.6) is 0 Å². The zero-order valence-corrected chi connectivity index (χ0v) is 10.5. The van der Waals surface area contributed by atoms with Crippen molar-refractivity contribution in [1.29, 1.82) is 0 Å². The minimum absolute atomic E-state index is 0. The number of imidazole rings is 1. The summed E-state index contributed by atoms with van der Waals surface area (Å²) in [5.74, 6) is 0. The van der Waals surface area contributed by atoms with Gasteiger partial charge in [0.2, 0.25) is 0 Å². The van der Waals surface area contributed by atoms with Crippen LogP contribution in [0.15, 0.2) is 23.0 Å². The fraction of sp³-hybridized carbons (Fsp3) is 0.364. The zero-order chi connectivity index (χ0) is 11.0. The molecule has 0 aliphatic heterocycles. The minimum atomic E-state index is 0. The van der Waals surface area contributed by atoms with E-state index in [1.165, 1.54) is 5.56 Å². The highest BCUT2D eigenvalue weighted by Crippen LogP contribution is 2.13. The predicted molar refractivity (Wildman–Crippen MR) is 68.2 cm³/mol. The number of hydrogen-bond donors (Lipinski definition) is 1. The Balaban J connectivity index is 0.00000128. The van der Waals surface area contributed by atoms with Gasteiger partial charge in [0.25, 0.3) is 0 Å². The van der Waals surface area contributed by atoms with Gasteiger partial charge < -0.3 is 5.32 Å². The fourth-order valence-corrected chi connectivity index (χ4v) is 1.87. The highest BCUT2D eigenvalue weighted by molar-refractivity contribution is 5.85. The molecule has 0 bridgehead atoms. The van der Waals surface area contributed by atoms with Gasteiger partial charge in [0, 0.05) is 20.6 Å². The lowest BCUT2D eigenvalue weighted by Gasteiger charge is -2.01. The molecule has 0 saturated heterocycles. The van der Waals surface area contributed by atoms with Crippen LogP contribution in [0, 0.1) is 0 Å². The van der Waals surface area contributed by atoms with Crippen LogP contribution in [-0.4, -0.2) is 16.2 Å². The Morgan fingerprint density at radius 2 is 1.81 bits per heavy atom. The van der Waals surface area contributed by atoms with Crippen LogP contribution in [0.4, 0.5) is 0 Å². The van der Waals surface area contributed by atoms with E-state index in [0.717, 1.165) is 17.6 Å². The van der Waals surface area contributed by atoms with E-state index < -0.39 is 0 Å². The molecule has 1 aromatic carbocycles. The summed E-state index contributed by atoms with van der Waals surface area (Å²) < 4.78 is 3.34. The van der Waals surface area contributed by atoms with Crippen molar-refractivity contribution in [1.82, 2.24) is 14.5 Å². The van der Waals surface area contributed by atoms with E-state index in [2.05, 4.69) is 5.32 Å². The van der Waals surface area contributed by atoms with E-state index in [1.807, 2.05) is 25.2 Å². The summed E-state index contributed by atoms with van der Waals surface area (Å²) in [5, 5.41) is 3.10. The Kier molecular flexibility index (Phi) is 3.78. The van der Waals surface area contributed by atoms with Crippen LogP contribution >= 0.6 is 12.4 Å². The summed E-state index contributed by atoms with van der Waals surface area (Å²) in [7, 11) is 5.50. The van der Waals surface area contributed by atoms with E-state index in [0.29, 0.717) is 0 Å². The lowest BCUT2D eigenvalue weighted by atomic mass is 10.2. The molecule has 1 aromatic heterocycles. The number of aryl methyl sites for hydroxylation is 2. The van der Waals surface area contributed by atoms with Crippen molar-refractivity contribution in [3.63, 3.8) is 0 Å². The number of aromatic nitrogens is 2. The molecule has 0 fully saturated rings. The predicted octanol–water partition coefficient (Wildman–Crippen LogP) is 1.02. The molecular weight excluding hydrogens is 226 g/mol. The molecule has 0 aliphatic rings. The number of halogens is 1. The number of rotatable bonds is 2. The number of benzene rings is 1. The smallest absolute Gasteiger partial charge is 0.316 e. The third-order valence-corrected chi connectivity index (χ3v) is 2.72. The van der Waals surface area contributed by atoms with Crippen molar-refractivity contribution in [3.05, 3.63) is 34.2 Å². The van der Waals surface area contributed by atoms with Crippen LogP contribution in [0.1, 0.15) is 5.56 Å². The summed E-state index contributed by atoms with van der Waals surface area (Å²) in [6.45, 7) is 0.818. The fourth-order valence-electron chi connectivity index (χ4n) is 1.87. The van der Waals surface area contributed by atoms with Crippen molar-refractivity contribution in [2.24, 2.45) is 14.1 Å². The van der Waals surface area contributed by atoms with Crippen molar-refractivity contribution in [2.45, 2.75) is 6.54 Å². The van der Waals surface area contributed by atoms with Gasteiger partial charge in [-0.15, -0.1) is 12.4 Å². The van der Waals surface area contributed by atoms with Gasteiger partial charge >= 0.3 is 5.69 Å². The van der Waals surface area contributed by atoms with E-state index >= 15 is 0 Å². The van der Waals surface area contributed by atoms with Crippen molar-refractivity contribution in [3.8, 4) is 0 Å². The van der Waals surface area contributed by atoms with E-state index in [4.69, 9.17) is 0 Å². The Labute approximate surface area is 100 Å². The van der Waals surface area contributed by atoms with E-state index in [9.17, 15) is 4.79 Å². The Hall–Kier alpha value is -1.26. The topological polar surface area (TPSA) is 39.0 Å². The molecule has 0 saturated carbocycles. The third-order valence-electron chi connectivity index (χ3n) is 2.72. The molecule has 4 nitrogen and oxygen atoms in total. The second-order valence-electron chi connectivity index (χ2n) is 3.75. The van der Waals surface area contributed by atoms with Gasteiger partial charge in [-0.25, -0.2) is 4.79 Å². The molecule has 0 spiro atoms. The first-order chi connectivity index (χ1) is 7.15. The van der Waals surface area contributed by atoms with Crippen molar-refractivity contribution < 1.29 is 0 Å². The second-order valence-corrected chi connectivity index (χ2v) is 3.75. The molecule has 1 heterocycles. The Bertz CT molecular complexity index is 556. The SMILES string of the molecule is CNCc1ccc2c(c1)n(C)c(=O)n2C.Cl. The maximum absolute atomic E-state index is 11.7. The molecule has 0 aliphatic carbocycles. The van der Waals surface area contributed by atoms with Crippen LogP contribution in [0.25, 0.3) is 11.0 Å². The molecule has 5 heteroatoms. The zero-order valence-electron chi connectivity index (χ0n) is 9.65. The second kappa shape index (κ2) is 4.72. The highest BCUT2D eigenvalue weighted by atomic mass is 35.5. The van der Waals surface area contributed by atoms with Gasteiger partial charge in [-0.05, 0) is 24.7 Å². The highest BCUT2D eigenvalue weighted by Gasteiger charge is 2.07. The molecule has 88 valence electrons. The molecule has 0 unspecified atom stereocenters. The van der Waals surface area contributed by atoms with Crippen molar-refractivity contribution >= 4 is 23.4 Å². The summed E-state index contributed by atoms with van der Waals surface area (Å²) in [5.41, 5.74) is 3.16. The van der Waals surface area contributed by atoms with E-state index in [1.54, 1.807) is 23.2 Å². The molecular formula is C11H16ClN3O.